The number of aliphatic hydroxyl groups is 1. The molecule has 1 aliphatic rings. The van der Waals surface area contributed by atoms with E-state index in [1.165, 1.54) is 13.0 Å². The Bertz CT molecular complexity index is 745. The summed E-state index contributed by atoms with van der Waals surface area (Å²) in [4.78, 5) is -0.508. The molecule has 1 heterocycles. The van der Waals surface area contributed by atoms with Crippen molar-refractivity contribution in [3.05, 3.63) is 29.6 Å². The summed E-state index contributed by atoms with van der Waals surface area (Å²) in [6.45, 7) is 0.900. The first-order valence-electron chi connectivity index (χ1n) is 6.29. The monoisotopic (exact) mass is 337 g/mol. The van der Waals surface area contributed by atoms with Crippen LogP contribution in [0.5, 0.6) is 0 Å². The van der Waals surface area contributed by atoms with Gasteiger partial charge in [-0.15, -0.1) is 0 Å². The summed E-state index contributed by atoms with van der Waals surface area (Å²) >= 11 is 0. The van der Waals surface area contributed by atoms with E-state index in [0.29, 0.717) is 0 Å². The Hall–Kier alpha value is -1.03. The fourth-order valence-electron chi connectivity index (χ4n) is 2.32. The van der Waals surface area contributed by atoms with Crippen LogP contribution in [-0.2, 0) is 26.5 Å². The number of sulfonamides is 1. The molecular weight excluding hydrogens is 321 g/mol. The number of nitrogens with zero attached hydrogens (tertiary/aromatic N) is 1. The first-order chi connectivity index (χ1) is 9.67. The predicted molar refractivity (Wildman–Crippen MR) is 74.3 cm³/mol. The largest absolute Gasteiger partial charge is 0.392 e. The van der Waals surface area contributed by atoms with Crippen LogP contribution in [0.4, 0.5) is 4.39 Å². The minimum absolute atomic E-state index is 0.187. The van der Waals surface area contributed by atoms with Gasteiger partial charge < -0.3 is 5.11 Å². The number of hydrogen-bond donors (Lipinski definition) is 1. The van der Waals surface area contributed by atoms with Crippen LogP contribution < -0.4 is 0 Å². The molecule has 0 spiro atoms. The molecule has 1 saturated heterocycles. The van der Waals surface area contributed by atoms with Crippen LogP contribution in [0.2, 0.25) is 0 Å². The number of halogens is 1. The van der Waals surface area contributed by atoms with Crippen LogP contribution in [0.3, 0.4) is 0 Å². The van der Waals surface area contributed by atoms with Gasteiger partial charge in [0.05, 0.1) is 18.1 Å². The zero-order valence-corrected chi connectivity index (χ0v) is 13.0. The quantitative estimate of drug-likeness (QED) is 0.846. The molecule has 0 radical (unpaired) electrons. The minimum Gasteiger partial charge on any atom is -0.392 e. The Kier molecular flexibility index (Phi) is 4.39. The van der Waals surface area contributed by atoms with Gasteiger partial charge in [-0.3, -0.25) is 0 Å². The zero-order valence-electron chi connectivity index (χ0n) is 11.4. The molecule has 0 amide bonds. The van der Waals surface area contributed by atoms with Crippen LogP contribution in [0.1, 0.15) is 12.5 Å². The molecule has 9 heteroatoms. The summed E-state index contributed by atoms with van der Waals surface area (Å²) in [5.74, 6) is -1.50. The highest BCUT2D eigenvalue weighted by Crippen LogP contribution is 2.25. The molecule has 0 saturated carbocycles. The van der Waals surface area contributed by atoms with Crippen molar-refractivity contribution in [3.63, 3.8) is 0 Å². The van der Waals surface area contributed by atoms with E-state index in [4.69, 9.17) is 5.11 Å². The molecule has 21 heavy (non-hydrogen) atoms. The van der Waals surface area contributed by atoms with E-state index in [0.717, 1.165) is 16.4 Å². The molecule has 1 unspecified atom stereocenters. The zero-order chi connectivity index (χ0) is 15.8. The molecule has 0 aliphatic carbocycles. The Morgan fingerprint density at radius 3 is 2.62 bits per heavy atom. The number of sulfone groups is 1. The van der Waals surface area contributed by atoms with E-state index in [2.05, 4.69) is 0 Å². The van der Waals surface area contributed by atoms with E-state index in [9.17, 15) is 21.2 Å². The van der Waals surface area contributed by atoms with E-state index in [1.54, 1.807) is 0 Å². The maximum Gasteiger partial charge on any atom is 0.246 e. The Morgan fingerprint density at radius 2 is 2.10 bits per heavy atom. The molecule has 118 valence electrons. The van der Waals surface area contributed by atoms with Gasteiger partial charge in [0.2, 0.25) is 10.0 Å². The highest BCUT2D eigenvalue weighted by Gasteiger charge is 2.37. The minimum atomic E-state index is -4.10. The highest BCUT2D eigenvalue weighted by molar-refractivity contribution is 7.92. The first-order valence-corrected chi connectivity index (χ1v) is 9.55. The van der Waals surface area contributed by atoms with Gasteiger partial charge in [0.15, 0.2) is 9.84 Å². The van der Waals surface area contributed by atoms with Gasteiger partial charge in [0, 0.05) is 12.6 Å². The first kappa shape index (κ1) is 16.3. The average molecular weight is 337 g/mol. The molecule has 1 aliphatic heterocycles. The van der Waals surface area contributed by atoms with Gasteiger partial charge in [-0.25, -0.2) is 21.2 Å². The second kappa shape index (κ2) is 5.64. The van der Waals surface area contributed by atoms with Crippen molar-refractivity contribution in [1.29, 1.82) is 0 Å². The van der Waals surface area contributed by atoms with Gasteiger partial charge in [-0.05, 0) is 24.6 Å². The van der Waals surface area contributed by atoms with E-state index in [-0.39, 0.29) is 23.6 Å². The lowest BCUT2D eigenvalue weighted by molar-refractivity contribution is 0.281. The van der Waals surface area contributed by atoms with Gasteiger partial charge in [-0.2, -0.15) is 4.31 Å². The number of aliphatic hydroxyl groups excluding tert-OH is 1. The SMILES string of the molecule is CC1CS(=O)(=O)CCN1S(=O)(=O)c1ccc(CO)cc1F. The van der Waals surface area contributed by atoms with Crippen LogP contribution in [0, 0.1) is 5.82 Å². The van der Waals surface area contributed by atoms with Crippen LogP contribution >= 0.6 is 0 Å². The van der Waals surface area contributed by atoms with Crippen molar-refractivity contribution in [2.24, 2.45) is 0 Å². The molecule has 2 rings (SSSR count). The fraction of sp³-hybridized carbons (Fsp3) is 0.500. The lowest BCUT2D eigenvalue weighted by Crippen LogP contribution is -2.49. The van der Waals surface area contributed by atoms with E-state index >= 15 is 0 Å². The van der Waals surface area contributed by atoms with Crippen molar-refractivity contribution in [2.45, 2.75) is 24.5 Å². The van der Waals surface area contributed by atoms with Gasteiger partial charge >= 0.3 is 0 Å². The summed E-state index contributed by atoms with van der Waals surface area (Å²) in [5, 5.41) is 8.91. The van der Waals surface area contributed by atoms with Gasteiger partial charge in [-0.1, -0.05) is 6.07 Å². The van der Waals surface area contributed by atoms with Crippen LogP contribution in [-0.4, -0.2) is 50.3 Å². The summed E-state index contributed by atoms with van der Waals surface area (Å²) < 4.78 is 62.8. The Labute approximate surface area is 123 Å². The van der Waals surface area contributed by atoms with Gasteiger partial charge in [0.1, 0.15) is 10.7 Å². The van der Waals surface area contributed by atoms with Gasteiger partial charge in [0.25, 0.3) is 0 Å². The summed E-state index contributed by atoms with van der Waals surface area (Å²) in [6.07, 6.45) is 0. The lowest BCUT2D eigenvalue weighted by atomic mass is 10.2. The topological polar surface area (TPSA) is 91.8 Å². The molecule has 1 N–H and O–H groups in total. The maximum absolute atomic E-state index is 13.9. The van der Waals surface area contributed by atoms with Crippen molar-refractivity contribution in [2.75, 3.05) is 18.1 Å². The third-order valence-electron chi connectivity index (χ3n) is 3.37. The molecule has 1 atom stereocenters. The summed E-state index contributed by atoms with van der Waals surface area (Å²) in [5.41, 5.74) is 0.265. The number of rotatable bonds is 3. The third-order valence-corrected chi connectivity index (χ3v) is 7.22. The van der Waals surface area contributed by atoms with E-state index in [1.807, 2.05) is 0 Å². The number of hydrogen-bond acceptors (Lipinski definition) is 5. The van der Waals surface area contributed by atoms with Crippen LogP contribution in [0.15, 0.2) is 23.1 Å². The van der Waals surface area contributed by atoms with Crippen molar-refractivity contribution in [3.8, 4) is 0 Å². The highest BCUT2D eigenvalue weighted by atomic mass is 32.2. The standard InChI is InChI=1S/C12H16FNO5S2/c1-9-8-20(16,17)5-4-14(9)21(18,19)12-3-2-10(7-15)6-11(12)13/h2-3,6,9,15H,4-5,7-8H2,1H3. The maximum atomic E-state index is 13.9. The predicted octanol–water partition coefficient (Wildman–Crippen LogP) is 0.126. The molecule has 1 aromatic rings. The number of benzene rings is 1. The van der Waals surface area contributed by atoms with Crippen molar-refractivity contribution < 1.29 is 26.3 Å². The average Bonchev–Trinajstić information content (AvgIpc) is 2.36. The normalized spacial score (nSPS) is 23.1. The second-order valence-corrected chi connectivity index (χ2v) is 9.09. The summed E-state index contributed by atoms with van der Waals surface area (Å²) in [6, 6.07) is 2.62. The fourth-order valence-corrected chi connectivity index (χ4v) is 5.76. The van der Waals surface area contributed by atoms with Crippen molar-refractivity contribution in [1.82, 2.24) is 4.31 Å². The molecule has 6 nitrogen and oxygen atoms in total. The molecular formula is C12H16FNO5S2. The Balaban J connectivity index is 2.39. The van der Waals surface area contributed by atoms with Crippen molar-refractivity contribution >= 4 is 19.9 Å². The lowest BCUT2D eigenvalue weighted by Gasteiger charge is -2.32. The molecule has 1 fully saturated rings. The van der Waals surface area contributed by atoms with E-state index < -0.39 is 43.2 Å². The molecule has 1 aromatic carbocycles. The molecule has 0 aromatic heterocycles. The molecule has 0 bridgehead atoms. The third kappa shape index (κ3) is 3.25. The summed E-state index contributed by atoms with van der Waals surface area (Å²) in [7, 11) is -7.37. The second-order valence-electron chi connectivity index (χ2n) is 5.00. The van der Waals surface area contributed by atoms with Crippen LogP contribution in [0.25, 0.3) is 0 Å². The Morgan fingerprint density at radius 1 is 1.43 bits per heavy atom. The smallest absolute Gasteiger partial charge is 0.246 e.